The van der Waals surface area contributed by atoms with Crippen molar-refractivity contribution in [3.8, 4) is 11.5 Å². The van der Waals surface area contributed by atoms with Crippen LogP contribution in [0.2, 0.25) is 0 Å². The molecule has 0 unspecified atom stereocenters. The number of rotatable bonds is 4. The van der Waals surface area contributed by atoms with Crippen molar-refractivity contribution < 1.29 is 9.13 Å². The summed E-state index contributed by atoms with van der Waals surface area (Å²) in [6.45, 7) is 6.90. The Kier molecular flexibility index (Phi) is 4.96. The Bertz CT molecular complexity index is 626. The normalized spacial score (nSPS) is 11.5. The molecule has 2 rings (SSSR count). The summed E-state index contributed by atoms with van der Waals surface area (Å²) >= 11 is 3.13. The van der Waals surface area contributed by atoms with E-state index in [2.05, 4.69) is 47.0 Å². The van der Waals surface area contributed by atoms with E-state index in [0.717, 1.165) is 5.56 Å². The number of hydrogen-bond acceptors (Lipinski definition) is 3. The van der Waals surface area contributed by atoms with Crippen molar-refractivity contribution in [2.45, 2.75) is 32.9 Å². The Morgan fingerprint density at radius 2 is 2.05 bits per heavy atom. The van der Waals surface area contributed by atoms with Gasteiger partial charge in [0.2, 0.25) is 0 Å². The first kappa shape index (κ1) is 15.9. The molecule has 0 radical (unpaired) electrons. The monoisotopic (exact) mass is 352 g/mol. The van der Waals surface area contributed by atoms with E-state index in [1.54, 1.807) is 30.6 Å². The fourth-order valence-corrected chi connectivity index (χ4v) is 1.92. The first-order chi connectivity index (χ1) is 9.85. The third kappa shape index (κ3) is 4.79. The summed E-state index contributed by atoms with van der Waals surface area (Å²) < 4.78 is 19.7. The number of halogens is 2. The van der Waals surface area contributed by atoms with Crippen LogP contribution in [0.4, 0.5) is 4.39 Å². The van der Waals surface area contributed by atoms with Gasteiger partial charge >= 0.3 is 0 Å². The zero-order valence-electron chi connectivity index (χ0n) is 12.3. The van der Waals surface area contributed by atoms with Crippen molar-refractivity contribution in [3.63, 3.8) is 0 Å². The predicted molar refractivity (Wildman–Crippen MR) is 85.0 cm³/mol. The highest BCUT2D eigenvalue weighted by atomic mass is 79.9. The molecule has 0 amide bonds. The summed E-state index contributed by atoms with van der Waals surface area (Å²) in [5, 5.41) is 3.38. The molecule has 3 nitrogen and oxygen atoms in total. The van der Waals surface area contributed by atoms with Crippen LogP contribution < -0.4 is 10.1 Å². The highest BCUT2D eigenvalue weighted by molar-refractivity contribution is 9.10. The molecule has 5 heteroatoms. The molecule has 0 spiro atoms. The molecule has 1 N–H and O–H groups in total. The van der Waals surface area contributed by atoms with Gasteiger partial charge in [0.15, 0.2) is 0 Å². The molecule has 2 aromatic rings. The van der Waals surface area contributed by atoms with E-state index < -0.39 is 0 Å². The highest BCUT2D eigenvalue weighted by Crippen LogP contribution is 2.27. The van der Waals surface area contributed by atoms with E-state index in [1.165, 1.54) is 6.07 Å². The van der Waals surface area contributed by atoms with E-state index in [1.807, 2.05) is 0 Å². The maximum atomic E-state index is 13.5. The number of hydrogen-bond donors (Lipinski definition) is 1. The third-order valence-electron chi connectivity index (χ3n) is 2.79. The fourth-order valence-electron chi connectivity index (χ4n) is 1.67. The van der Waals surface area contributed by atoms with Crippen LogP contribution in [-0.2, 0) is 6.54 Å². The van der Waals surface area contributed by atoms with Gasteiger partial charge in [0.05, 0.1) is 4.47 Å². The Labute approximate surface area is 132 Å². The molecule has 0 aliphatic rings. The van der Waals surface area contributed by atoms with E-state index in [0.29, 0.717) is 22.5 Å². The zero-order valence-corrected chi connectivity index (χ0v) is 13.9. The second kappa shape index (κ2) is 6.54. The first-order valence-electron chi connectivity index (χ1n) is 6.66. The smallest absolute Gasteiger partial charge is 0.141 e. The lowest BCUT2D eigenvalue weighted by atomic mass is 10.1. The molecule has 1 aromatic heterocycles. The molecule has 0 bridgehead atoms. The van der Waals surface area contributed by atoms with Crippen molar-refractivity contribution in [1.29, 1.82) is 0 Å². The van der Waals surface area contributed by atoms with Gasteiger partial charge in [-0.15, -0.1) is 0 Å². The second-order valence-electron chi connectivity index (χ2n) is 5.76. The van der Waals surface area contributed by atoms with Crippen LogP contribution in [0.25, 0.3) is 0 Å². The molecule has 1 heterocycles. The van der Waals surface area contributed by atoms with Crippen molar-refractivity contribution in [2.75, 3.05) is 0 Å². The summed E-state index contributed by atoms with van der Waals surface area (Å²) in [5.41, 5.74) is 0.923. The minimum absolute atomic E-state index is 0.00314. The van der Waals surface area contributed by atoms with Gasteiger partial charge < -0.3 is 10.1 Å². The van der Waals surface area contributed by atoms with Gasteiger partial charge in [-0.25, -0.2) is 4.39 Å². The van der Waals surface area contributed by atoms with Crippen LogP contribution in [0.5, 0.6) is 11.5 Å². The van der Waals surface area contributed by atoms with Gasteiger partial charge in [-0.2, -0.15) is 0 Å². The molecule has 1 aromatic carbocycles. The number of nitrogens with zero attached hydrogens (tertiary/aromatic N) is 1. The predicted octanol–water partition coefficient (Wildman–Crippen LogP) is 4.66. The molecular formula is C16H18BrFN2O. The summed E-state index contributed by atoms with van der Waals surface area (Å²) in [6.07, 6.45) is 3.41. The molecule has 0 saturated carbocycles. The maximum absolute atomic E-state index is 13.5. The number of aromatic nitrogens is 1. The van der Waals surface area contributed by atoms with Gasteiger partial charge in [0.25, 0.3) is 0 Å². The van der Waals surface area contributed by atoms with E-state index in [-0.39, 0.29) is 11.4 Å². The highest BCUT2D eigenvalue weighted by Gasteiger charge is 2.12. The average Bonchev–Trinajstić information content (AvgIpc) is 2.41. The average molecular weight is 353 g/mol. The van der Waals surface area contributed by atoms with Crippen molar-refractivity contribution in [2.24, 2.45) is 0 Å². The van der Waals surface area contributed by atoms with E-state index in [9.17, 15) is 4.39 Å². The van der Waals surface area contributed by atoms with Crippen molar-refractivity contribution in [3.05, 3.63) is 52.5 Å². The van der Waals surface area contributed by atoms with Crippen LogP contribution in [0.1, 0.15) is 26.3 Å². The van der Waals surface area contributed by atoms with Gasteiger partial charge in [-0.3, -0.25) is 4.98 Å². The zero-order chi connectivity index (χ0) is 15.5. The van der Waals surface area contributed by atoms with Gasteiger partial charge in [-0.1, -0.05) is 0 Å². The lowest BCUT2D eigenvalue weighted by molar-refractivity contribution is 0.413. The number of pyridine rings is 1. The van der Waals surface area contributed by atoms with Gasteiger partial charge in [0.1, 0.15) is 17.3 Å². The minimum atomic E-state index is -0.351. The van der Waals surface area contributed by atoms with Gasteiger partial charge in [0, 0.05) is 36.1 Å². The SMILES string of the molecule is CC(C)(C)NCc1cnccc1Oc1ccc(Br)c(F)c1. The summed E-state index contributed by atoms with van der Waals surface area (Å²) in [7, 11) is 0. The van der Waals surface area contributed by atoms with Crippen LogP contribution in [0.15, 0.2) is 41.1 Å². The van der Waals surface area contributed by atoms with Crippen LogP contribution >= 0.6 is 15.9 Å². The molecule has 112 valence electrons. The first-order valence-corrected chi connectivity index (χ1v) is 7.45. The van der Waals surface area contributed by atoms with Crippen molar-refractivity contribution >= 4 is 15.9 Å². The van der Waals surface area contributed by atoms with E-state index in [4.69, 9.17) is 4.74 Å². The Morgan fingerprint density at radius 1 is 1.29 bits per heavy atom. The Hall–Kier alpha value is -1.46. The third-order valence-corrected chi connectivity index (χ3v) is 3.43. The largest absolute Gasteiger partial charge is 0.457 e. The summed E-state index contributed by atoms with van der Waals surface area (Å²) in [4.78, 5) is 4.12. The van der Waals surface area contributed by atoms with Crippen LogP contribution in [0.3, 0.4) is 0 Å². The van der Waals surface area contributed by atoms with Crippen molar-refractivity contribution in [1.82, 2.24) is 10.3 Å². The fraction of sp³-hybridized carbons (Fsp3) is 0.312. The van der Waals surface area contributed by atoms with Crippen LogP contribution in [-0.4, -0.2) is 10.5 Å². The second-order valence-corrected chi connectivity index (χ2v) is 6.62. The van der Waals surface area contributed by atoms with Crippen LogP contribution in [0, 0.1) is 5.82 Å². The number of benzene rings is 1. The molecule has 0 saturated heterocycles. The van der Waals surface area contributed by atoms with Gasteiger partial charge in [-0.05, 0) is 54.9 Å². The minimum Gasteiger partial charge on any atom is -0.457 e. The molecule has 21 heavy (non-hydrogen) atoms. The molecule has 0 fully saturated rings. The Morgan fingerprint density at radius 3 is 2.71 bits per heavy atom. The standard InChI is InChI=1S/C16H18BrFN2O/c1-16(2,3)20-10-11-9-19-7-6-15(11)21-12-4-5-13(17)14(18)8-12/h4-9,20H,10H2,1-3H3. The molecular weight excluding hydrogens is 335 g/mol. The lowest BCUT2D eigenvalue weighted by Gasteiger charge is -2.21. The molecule has 0 aliphatic carbocycles. The Balaban J connectivity index is 2.17. The number of nitrogens with one attached hydrogen (secondary N) is 1. The topological polar surface area (TPSA) is 34.2 Å². The number of ether oxygens (including phenoxy) is 1. The summed E-state index contributed by atoms with van der Waals surface area (Å²) in [6, 6.07) is 6.47. The maximum Gasteiger partial charge on any atom is 0.141 e. The molecule has 0 aliphatic heterocycles. The summed E-state index contributed by atoms with van der Waals surface area (Å²) in [5.74, 6) is 0.776. The van der Waals surface area contributed by atoms with E-state index >= 15 is 0 Å². The lowest BCUT2D eigenvalue weighted by Crippen LogP contribution is -2.35. The quantitative estimate of drug-likeness (QED) is 0.868. The molecule has 0 atom stereocenters.